The highest BCUT2D eigenvalue weighted by Gasteiger charge is 2.58. The summed E-state index contributed by atoms with van der Waals surface area (Å²) in [6, 6.07) is 69.6. The third-order valence-corrected chi connectivity index (χ3v) is 16.9. The molecule has 0 radical (unpaired) electrons. The number of methoxy groups -OCH3 is 1. The lowest BCUT2D eigenvalue weighted by atomic mass is 9.95. The minimum absolute atomic E-state index is 0.00585. The van der Waals surface area contributed by atoms with Crippen LogP contribution in [0.3, 0.4) is 0 Å². The van der Waals surface area contributed by atoms with E-state index >= 15 is 0 Å². The number of aliphatic hydroxyl groups excluding tert-OH is 1. The predicted molar refractivity (Wildman–Crippen MR) is 361 cm³/mol. The van der Waals surface area contributed by atoms with Crippen LogP contribution in [0.4, 0.5) is 0 Å². The van der Waals surface area contributed by atoms with Crippen molar-refractivity contribution in [3.63, 3.8) is 0 Å². The molecule has 0 spiro atoms. The zero-order chi connectivity index (χ0) is 70.1. The third-order valence-electron chi connectivity index (χ3n) is 16.9. The van der Waals surface area contributed by atoms with E-state index in [2.05, 4.69) is 0 Å². The van der Waals surface area contributed by atoms with Crippen LogP contribution in [0.1, 0.15) is 70.6 Å². The van der Waals surface area contributed by atoms with Crippen LogP contribution in [0, 0.1) is 0 Å². The van der Waals surface area contributed by atoms with E-state index in [0.29, 0.717) is 5.56 Å². The van der Waals surface area contributed by atoms with Gasteiger partial charge in [0.05, 0.1) is 61.4 Å². The highest BCUT2D eigenvalue weighted by Crippen LogP contribution is 2.39. The first-order valence-corrected chi connectivity index (χ1v) is 33.3. The lowest BCUT2D eigenvalue weighted by Crippen LogP contribution is -2.68. The molecule has 0 unspecified atom stereocenters. The van der Waals surface area contributed by atoms with E-state index in [0.717, 1.165) is 16.7 Å². The van der Waals surface area contributed by atoms with Crippen molar-refractivity contribution < 1.29 is 105 Å². The van der Waals surface area contributed by atoms with E-state index in [4.69, 9.17) is 75.8 Å². The average Bonchev–Trinajstić information content (AvgIpc) is 0.761. The zero-order valence-electron chi connectivity index (χ0n) is 55.6. The molecule has 15 atom stereocenters. The van der Waals surface area contributed by atoms with E-state index in [1.54, 1.807) is 128 Å². The molecular weight excluding hydrogens is 1300 g/mol. The van der Waals surface area contributed by atoms with Crippen LogP contribution in [-0.4, -0.2) is 167 Å². The summed E-state index contributed by atoms with van der Waals surface area (Å²) >= 11 is 0. The molecule has 3 heterocycles. The minimum atomic E-state index is -1.99. The standard InChI is InChI=1S/C79H80O22/c1-52-65(89-46-54-29-13-4-14-30-54)68(90-47-55-31-15-5-16-32-55)70(91-48-56-33-17-6-18-34-56)78(95-52)101-69-66(62(50-94-74(83)58-37-21-8-22-38-58)97-77(87-44-43-86-2)72(69)99-76(85)60-41-25-10-26-42-60)100-79-71(98-75(84)59-39-23-9-24-40-59)67(92-51-63(80)88-45-53-27-11-3-12-28-53)64(81)61(96-79)49-93-73(82)57-35-19-7-20-36-57/h3-42,52,61-62,64-72,77-79,81H,43-51H2,1-2H3/t52-,61+,62+,64-,65+,66+,67-,68+,69-,70-,71+,72+,77+,78-,79-/m0/s1. The molecule has 0 bridgehead atoms. The van der Waals surface area contributed by atoms with Gasteiger partial charge in [0.15, 0.2) is 31.1 Å². The van der Waals surface area contributed by atoms with Gasteiger partial charge in [-0.05, 0) is 77.7 Å². The van der Waals surface area contributed by atoms with E-state index in [-0.39, 0.29) is 61.9 Å². The number of hydrogen-bond donors (Lipinski definition) is 1. The van der Waals surface area contributed by atoms with Gasteiger partial charge >= 0.3 is 29.8 Å². The predicted octanol–water partition coefficient (Wildman–Crippen LogP) is 10.0. The monoisotopic (exact) mass is 1380 g/mol. The van der Waals surface area contributed by atoms with Gasteiger partial charge < -0.3 is 80.9 Å². The number of carbonyl (C=O) groups is 5. The Hall–Kier alpha value is -9.37. The molecule has 8 aromatic carbocycles. The quantitative estimate of drug-likeness (QED) is 0.0234. The summed E-state index contributed by atoms with van der Waals surface area (Å²) in [6.07, 6.45) is -23.1. The van der Waals surface area contributed by atoms with Crippen LogP contribution in [-0.2, 0) is 107 Å². The summed E-state index contributed by atoms with van der Waals surface area (Å²) in [5.41, 5.74) is 3.58. The summed E-state index contributed by atoms with van der Waals surface area (Å²) in [6.45, 7) is -0.525. The first-order valence-electron chi connectivity index (χ1n) is 33.3. The Morgan fingerprint density at radius 3 is 1.19 bits per heavy atom. The van der Waals surface area contributed by atoms with Gasteiger partial charge in [0.1, 0.15) is 81.4 Å². The number of benzene rings is 8. The maximum atomic E-state index is 14.9. The molecule has 1 N–H and O–H groups in total. The van der Waals surface area contributed by atoms with Crippen molar-refractivity contribution in [1.82, 2.24) is 0 Å². The van der Waals surface area contributed by atoms with E-state index in [1.807, 2.05) is 97.1 Å². The minimum Gasteiger partial charge on any atom is -0.459 e. The summed E-state index contributed by atoms with van der Waals surface area (Å²) in [5.74, 6) is -4.33. The Kier molecular flexibility index (Phi) is 26.9. The fourth-order valence-corrected chi connectivity index (χ4v) is 11.7. The van der Waals surface area contributed by atoms with Crippen LogP contribution in [0.25, 0.3) is 0 Å². The Balaban J connectivity index is 1.05. The molecule has 0 aromatic heterocycles. The van der Waals surface area contributed by atoms with Gasteiger partial charge in [0.25, 0.3) is 0 Å². The van der Waals surface area contributed by atoms with Crippen molar-refractivity contribution >= 4 is 29.8 Å². The molecule has 0 saturated carbocycles. The molecule has 3 saturated heterocycles. The number of hydrogen-bond acceptors (Lipinski definition) is 22. The zero-order valence-corrected chi connectivity index (χ0v) is 55.6. The van der Waals surface area contributed by atoms with E-state index in [9.17, 15) is 29.1 Å². The second kappa shape index (κ2) is 37.3. The summed E-state index contributed by atoms with van der Waals surface area (Å²) in [7, 11) is 1.46. The molecule has 3 aliphatic heterocycles. The number of ether oxygens (including phenoxy) is 16. The smallest absolute Gasteiger partial charge is 0.338 e. The Labute approximate surface area is 585 Å². The molecule has 3 fully saturated rings. The van der Waals surface area contributed by atoms with E-state index in [1.165, 1.54) is 31.4 Å². The van der Waals surface area contributed by atoms with Crippen molar-refractivity contribution in [1.29, 1.82) is 0 Å². The second-order valence-electron chi connectivity index (χ2n) is 24.0. The average molecular weight is 1380 g/mol. The van der Waals surface area contributed by atoms with Crippen molar-refractivity contribution in [3.05, 3.63) is 287 Å². The lowest BCUT2D eigenvalue weighted by molar-refractivity contribution is -0.390. The maximum Gasteiger partial charge on any atom is 0.338 e. The van der Waals surface area contributed by atoms with Gasteiger partial charge in [-0.1, -0.05) is 194 Å². The lowest BCUT2D eigenvalue weighted by Gasteiger charge is -2.51. The molecule has 0 aliphatic carbocycles. The summed E-state index contributed by atoms with van der Waals surface area (Å²) in [5, 5.41) is 12.6. The summed E-state index contributed by atoms with van der Waals surface area (Å²) < 4.78 is 105. The largest absolute Gasteiger partial charge is 0.459 e. The van der Waals surface area contributed by atoms with Crippen LogP contribution in [0.5, 0.6) is 0 Å². The highest BCUT2D eigenvalue weighted by molar-refractivity contribution is 5.91. The van der Waals surface area contributed by atoms with Crippen LogP contribution in [0.2, 0.25) is 0 Å². The molecule has 101 heavy (non-hydrogen) atoms. The molecule has 0 amide bonds. The molecule has 8 aromatic rings. The van der Waals surface area contributed by atoms with Crippen molar-refractivity contribution in [2.45, 2.75) is 125 Å². The molecule has 22 nitrogen and oxygen atoms in total. The van der Waals surface area contributed by atoms with Crippen molar-refractivity contribution in [2.75, 3.05) is 40.1 Å². The Morgan fingerprint density at radius 2 is 0.723 bits per heavy atom. The van der Waals surface area contributed by atoms with Gasteiger partial charge in [0, 0.05) is 7.11 Å². The number of esters is 5. The molecule has 11 rings (SSSR count). The third kappa shape index (κ3) is 20.4. The fourth-order valence-electron chi connectivity index (χ4n) is 11.7. The maximum absolute atomic E-state index is 14.9. The Bertz CT molecular complexity index is 3810. The molecule has 22 heteroatoms. The molecular formula is C79H80O22. The van der Waals surface area contributed by atoms with Gasteiger partial charge in [0.2, 0.25) is 0 Å². The van der Waals surface area contributed by atoms with Crippen LogP contribution < -0.4 is 0 Å². The number of rotatable bonds is 32. The van der Waals surface area contributed by atoms with Gasteiger partial charge in [-0.15, -0.1) is 0 Å². The van der Waals surface area contributed by atoms with Crippen LogP contribution in [0.15, 0.2) is 243 Å². The van der Waals surface area contributed by atoms with E-state index < -0.39 is 142 Å². The normalized spacial score (nSPS) is 24.8. The first kappa shape index (κ1) is 72.9. The summed E-state index contributed by atoms with van der Waals surface area (Å²) in [4.78, 5) is 71.6. The van der Waals surface area contributed by atoms with Gasteiger partial charge in [-0.3, -0.25) is 0 Å². The Morgan fingerprint density at radius 1 is 0.347 bits per heavy atom. The van der Waals surface area contributed by atoms with Crippen molar-refractivity contribution in [2.24, 2.45) is 0 Å². The molecule has 3 aliphatic rings. The van der Waals surface area contributed by atoms with Crippen LogP contribution >= 0.6 is 0 Å². The van der Waals surface area contributed by atoms with Crippen molar-refractivity contribution in [3.8, 4) is 0 Å². The highest BCUT2D eigenvalue weighted by atomic mass is 16.8. The number of carbonyl (C=O) groups excluding carboxylic acids is 5. The topological polar surface area (TPSA) is 253 Å². The molecule has 528 valence electrons. The SMILES string of the molecule is COCCO[C@@H]1O[C@H](COC(=O)c2ccccc2)[C@@H](O[C@@H]2O[C@H](COC(=O)c3ccccc3)[C@H](O)[C@H](OCC(=O)OCc3ccccc3)[C@H]2OC(=O)c2ccccc2)[C@H](O[C@@H]2O[C@@H](C)[C@@H](OCc3ccccc3)[C@@H](OCc3ccccc3)[C@@H]2OCc2ccccc2)[C@H]1OC(=O)c1ccccc1. The number of aliphatic hydroxyl groups is 1. The van der Waals surface area contributed by atoms with Gasteiger partial charge in [-0.25, -0.2) is 24.0 Å². The second-order valence-corrected chi connectivity index (χ2v) is 24.0. The van der Waals surface area contributed by atoms with Gasteiger partial charge in [-0.2, -0.15) is 0 Å². The fraction of sp³-hybridized carbons (Fsp3) is 0.329. The first-order chi connectivity index (χ1) is 49.5.